The first-order valence-corrected chi connectivity index (χ1v) is 8.64. The molecule has 3 atom stereocenters. The number of carboxylic acid groups (broad SMARTS) is 1. The van der Waals surface area contributed by atoms with E-state index in [1.807, 2.05) is 0 Å². The molecule has 0 spiro atoms. The van der Waals surface area contributed by atoms with Gasteiger partial charge in [0.05, 0.1) is 24.2 Å². The van der Waals surface area contributed by atoms with E-state index >= 15 is 0 Å². The van der Waals surface area contributed by atoms with Gasteiger partial charge in [0.25, 0.3) is 0 Å². The summed E-state index contributed by atoms with van der Waals surface area (Å²) in [5.41, 5.74) is 0.607. The number of para-hydroxylation sites is 1. The number of esters is 1. The Morgan fingerprint density at radius 1 is 1.42 bits per heavy atom. The minimum Gasteiger partial charge on any atom is -0.851 e. The van der Waals surface area contributed by atoms with Crippen molar-refractivity contribution >= 4 is 35.0 Å². The van der Waals surface area contributed by atoms with Crippen LogP contribution in [-0.2, 0) is 9.59 Å². The van der Waals surface area contributed by atoms with Crippen molar-refractivity contribution in [3.63, 3.8) is 0 Å². The molecule has 9 heteroatoms. The highest BCUT2D eigenvalue weighted by Crippen LogP contribution is 2.56. The fourth-order valence-corrected chi connectivity index (χ4v) is 5.43. The van der Waals surface area contributed by atoms with Gasteiger partial charge in [-0.15, -0.1) is 11.3 Å². The Labute approximate surface area is 144 Å². The van der Waals surface area contributed by atoms with E-state index in [-0.39, 0.29) is 5.75 Å². The second-order valence-electron chi connectivity index (χ2n) is 5.31. The number of benzene rings is 1. The van der Waals surface area contributed by atoms with Crippen LogP contribution >= 0.6 is 23.1 Å². The number of thioether (sulfide) groups is 1. The fourth-order valence-electron chi connectivity index (χ4n) is 3.12. The van der Waals surface area contributed by atoms with Gasteiger partial charge in [-0.1, -0.05) is 23.9 Å². The van der Waals surface area contributed by atoms with Gasteiger partial charge in [-0.2, -0.15) is 0 Å². The van der Waals surface area contributed by atoms with E-state index in [0.717, 1.165) is 23.1 Å². The molecule has 1 aromatic carbocycles. The van der Waals surface area contributed by atoms with Crippen LogP contribution in [-0.4, -0.2) is 29.3 Å². The summed E-state index contributed by atoms with van der Waals surface area (Å²) < 4.78 is 10.6. The molecule has 0 saturated heterocycles. The summed E-state index contributed by atoms with van der Waals surface area (Å²) in [7, 11) is 1.45. The van der Waals surface area contributed by atoms with Crippen molar-refractivity contribution in [2.75, 3.05) is 7.11 Å². The number of carbonyl (C=O) groups is 2. The maximum atomic E-state index is 12.5. The molecule has 0 amide bonds. The summed E-state index contributed by atoms with van der Waals surface area (Å²) in [6.07, 6.45) is 0. The van der Waals surface area contributed by atoms with E-state index in [0.29, 0.717) is 21.2 Å². The highest BCUT2D eigenvalue weighted by atomic mass is 32.2. The first-order chi connectivity index (χ1) is 11.5. The largest absolute Gasteiger partial charge is 0.851 e. The summed E-state index contributed by atoms with van der Waals surface area (Å²) in [6.45, 7) is 0. The number of carbonyl (C=O) groups excluding carboxylic acids is 2. The van der Waals surface area contributed by atoms with Crippen molar-refractivity contribution in [2.45, 2.75) is 16.2 Å². The Balaban J connectivity index is 1.97. The van der Waals surface area contributed by atoms with Crippen molar-refractivity contribution < 1.29 is 29.3 Å². The summed E-state index contributed by atoms with van der Waals surface area (Å²) >= 11 is 1.78. The lowest BCUT2D eigenvalue weighted by Crippen LogP contribution is -2.48. The third kappa shape index (κ3) is 2.08. The van der Waals surface area contributed by atoms with Crippen LogP contribution in [0.5, 0.6) is 16.7 Å². The number of hydrogen-bond acceptors (Lipinski definition) is 9. The molecule has 0 N–H and O–H groups in total. The minimum atomic E-state index is -1.38. The Kier molecular flexibility index (Phi) is 3.43. The zero-order chi connectivity index (χ0) is 17.0. The van der Waals surface area contributed by atoms with Gasteiger partial charge >= 0.3 is 5.97 Å². The third-order valence-electron chi connectivity index (χ3n) is 4.08. The summed E-state index contributed by atoms with van der Waals surface area (Å²) in [4.78, 5) is 28.5. The van der Waals surface area contributed by atoms with Gasteiger partial charge < -0.3 is 24.5 Å². The molecule has 2 aromatic rings. The molecule has 0 saturated carbocycles. The Hall–Kier alpha value is -2.26. The van der Waals surface area contributed by atoms with Crippen LogP contribution in [0.4, 0.5) is 0 Å². The highest BCUT2D eigenvalue weighted by Gasteiger charge is 2.50. The second kappa shape index (κ2) is 5.38. The molecule has 0 radical (unpaired) electrons. The maximum Gasteiger partial charge on any atom is 0.317 e. The van der Waals surface area contributed by atoms with Crippen molar-refractivity contribution in [3.05, 3.63) is 28.6 Å². The summed E-state index contributed by atoms with van der Waals surface area (Å²) in [5, 5.41) is 22.0. The summed E-state index contributed by atoms with van der Waals surface area (Å²) in [5.74, 6) is -3.03. The smallest absolute Gasteiger partial charge is 0.317 e. The standard InChI is InChI=1S/C15H11NO6S2/c1-21-6-4-2-3-5-7-8(14(19)22-9(5)6)11(13(17)18)23-12-10(7)24-15(20)16-12/h2-4,7-8,11H,1H3,(H,16,20)(H,17,18)/p-2. The second-order valence-corrected chi connectivity index (χ2v) is 7.43. The van der Waals surface area contributed by atoms with Crippen LogP contribution in [0.15, 0.2) is 23.2 Å². The van der Waals surface area contributed by atoms with Gasteiger partial charge in [0.15, 0.2) is 11.5 Å². The van der Waals surface area contributed by atoms with E-state index in [4.69, 9.17) is 9.47 Å². The zero-order valence-corrected chi connectivity index (χ0v) is 13.8. The van der Waals surface area contributed by atoms with E-state index < -0.39 is 34.2 Å². The molecule has 0 bridgehead atoms. The monoisotopic (exact) mass is 363 g/mol. The number of aliphatic carboxylic acids is 1. The molecule has 3 heterocycles. The Morgan fingerprint density at radius 2 is 2.21 bits per heavy atom. The molecule has 7 nitrogen and oxygen atoms in total. The number of fused-ring (bicyclic) bond motifs is 5. The van der Waals surface area contributed by atoms with Crippen LogP contribution in [0.25, 0.3) is 0 Å². The van der Waals surface area contributed by atoms with Crippen molar-refractivity contribution in [1.29, 1.82) is 0 Å². The van der Waals surface area contributed by atoms with Crippen LogP contribution in [0.3, 0.4) is 0 Å². The average Bonchev–Trinajstić information content (AvgIpc) is 2.93. The number of thiazole rings is 1. The third-order valence-corrected chi connectivity index (χ3v) is 6.42. The number of ether oxygens (including phenoxy) is 2. The molecule has 3 unspecified atom stereocenters. The van der Waals surface area contributed by atoms with Gasteiger partial charge in [0.2, 0.25) is 0 Å². The molecule has 0 fully saturated rings. The van der Waals surface area contributed by atoms with Crippen LogP contribution < -0.4 is 19.7 Å². The van der Waals surface area contributed by atoms with Crippen LogP contribution in [0.2, 0.25) is 0 Å². The molecular formula is C15H9NO6S2-2. The molecule has 2 aliphatic heterocycles. The van der Waals surface area contributed by atoms with Crippen molar-refractivity contribution in [2.24, 2.45) is 5.92 Å². The predicted octanol–water partition coefficient (Wildman–Crippen LogP) is 0.117. The van der Waals surface area contributed by atoms with Gasteiger partial charge in [-0.3, -0.25) is 4.79 Å². The lowest BCUT2D eigenvalue weighted by atomic mass is 9.80. The predicted molar refractivity (Wildman–Crippen MR) is 80.2 cm³/mol. The topological polar surface area (TPSA) is 112 Å². The van der Waals surface area contributed by atoms with E-state index in [1.165, 1.54) is 7.11 Å². The van der Waals surface area contributed by atoms with E-state index in [1.54, 1.807) is 18.2 Å². The lowest BCUT2D eigenvalue weighted by molar-refractivity contribution is -0.306. The normalized spacial score (nSPS) is 24.4. The number of methoxy groups -OCH3 is 1. The van der Waals surface area contributed by atoms with Gasteiger partial charge in [-0.05, 0) is 6.07 Å². The number of rotatable bonds is 2. The quantitative estimate of drug-likeness (QED) is 0.546. The number of aromatic nitrogens is 1. The maximum absolute atomic E-state index is 12.5. The first kappa shape index (κ1) is 15.3. The molecule has 24 heavy (non-hydrogen) atoms. The Bertz CT molecular complexity index is 864. The lowest BCUT2D eigenvalue weighted by Gasteiger charge is -2.39. The SMILES string of the molecule is COc1cccc2c1OC(=O)C1C(C(=O)[O-])Sc3nc([O-])sc3C21. The Morgan fingerprint density at radius 3 is 2.92 bits per heavy atom. The molecular weight excluding hydrogens is 354 g/mol. The average molecular weight is 363 g/mol. The zero-order valence-electron chi connectivity index (χ0n) is 12.2. The minimum absolute atomic E-state index is 0.252. The molecule has 4 rings (SSSR count). The van der Waals surface area contributed by atoms with Gasteiger partial charge in [0.1, 0.15) is 5.03 Å². The first-order valence-electron chi connectivity index (χ1n) is 6.95. The summed E-state index contributed by atoms with van der Waals surface area (Å²) in [6, 6.07) is 5.10. The van der Waals surface area contributed by atoms with E-state index in [2.05, 4.69) is 4.98 Å². The highest BCUT2D eigenvalue weighted by molar-refractivity contribution is 8.00. The van der Waals surface area contributed by atoms with Gasteiger partial charge in [0, 0.05) is 21.6 Å². The van der Waals surface area contributed by atoms with Crippen LogP contribution in [0.1, 0.15) is 16.4 Å². The molecule has 2 aliphatic rings. The molecule has 124 valence electrons. The molecule has 0 aliphatic carbocycles. The van der Waals surface area contributed by atoms with E-state index in [9.17, 15) is 19.8 Å². The number of carboxylic acids is 1. The van der Waals surface area contributed by atoms with Crippen molar-refractivity contribution in [1.82, 2.24) is 4.98 Å². The fraction of sp³-hybridized carbons (Fsp3) is 0.267. The molecule has 1 aromatic heterocycles. The van der Waals surface area contributed by atoms with Gasteiger partial charge in [-0.25, -0.2) is 4.98 Å². The van der Waals surface area contributed by atoms with Crippen molar-refractivity contribution in [3.8, 4) is 16.7 Å². The van der Waals surface area contributed by atoms with Crippen LogP contribution in [0, 0.1) is 5.92 Å². The number of hydrogen-bond donors (Lipinski definition) is 0. The number of nitrogens with zero attached hydrogens (tertiary/aromatic N) is 1.